The Labute approximate surface area is 180 Å². The Bertz CT molecular complexity index is 1170. The summed E-state index contributed by atoms with van der Waals surface area (Å²) in [7, 11) is -0.815. The Morgan fingerprint density at radius 1 is 0.968 bits per heavy atom. The third-order valence-corrected chi connectivity index (χ3v) is 5.56. The molecular formula is C22H21N3O5S. The largest absolute Gasteiger partial charge is 0.495 e. The van der Waals surface area contributed by atoms with Crippen molar-refractivity contribution in [3.63, 3.8) is 0 Å². The fourth-order valence-corrected chi connectivity index (χ4v) is 3.69. The van der Waals surface area contributed by atoms with E-state index in [1.807, 2.05) is 0 Å². The van der Waals surface area contributed by atoms with Crippen molar-refractivity contribution in [1.29, 1.82) is 0 Å². The molecule has 0 bridgehead atoms. The number of amides is 1. The number of aromatic nitrogens is 1. The zero-order valence-electron chi connectivity index (χ0n) is 16.9. The molecule has 3 aromatic rings. The van der Waals surface area contributed by atoms with E-state index in [1.54, 1.807) is 54.6 Å². The Morgan fingerprint density at radius 2 is 1.71 bits per heavy atom. The molecule has 8 nitrogen and oxygen atoms in total. The third-order valence-electron chi connectivity index (χ3n) is 4.18. The average molecular weight is 439 g/mol. The smallest absolute Gasteiger partial charge is 0.262 e. The Kier molecular flexibility index (Phi) is 6.88. The monoisotopic (exact) mass is 439 g/mol. The second-order valence-corrected chi connectivity index (χ2v) is 7.97. The number of anilines is 2. The molecule has 0 unspecified atom stereocenters. The second-order valence-electron chi connectivity index (χ2n) is 6.29. The third kappa shape index (κ3) is 5.83. The lowest BCUT2D eigenvalue weighted by atomic mass is 10.2. The van der Waals surface area contributed by atoms with Crippen LogP contribution in [0.3, 0.4) is 0 Å². The Hall–Kier alpha value is -3.85. The number of hydrogen-bond acceptors (Lipinski definition) is 6. The van der Waals surface area contributed by atoms with E-state index in [0.29, 0.717) is 28.6 Å². The summed E-state index contributed by atoms with van der Waals surface area (Å²) in [4.78, 5) is 16.2. The highest BCUT2D eigenvalue weighted by atomic mass is 32.2. The lowest BCUT2D eigenvalue weighted by Gasteiger charge is -2.11. The lowest BCUT2D eigenvalue weighted by molar-refractivity contribution is -0.111. The maximum Gasteiger partial charge on any atom is 0.262 e. The molecule has 31 heavy (non-hydrogen) atoms. The fourth-order valence-electron chi connectivity index (χ4n) is 2.62. The highest BCUT2D eigenvalue weighted by molar-refractivity contribution is 7.92. The predicted molar refractivity (Wildman–Crippen MR) is 119 cm³/mol. The SMILES string of the molecule is COc1ccc(NC(=O)C=Cc2ccc(S(=O)(=O)Nc3ccccc3OC)cc2)cn1. The van der Waals surface area contributed by atoms with Crippen LogP contribution in [0.5, 0.6) is 11.6 Å². The van der Waals surface area contributed by atoms with Crippen LogP contribution in [0.4, 0.5) is 11.4 Å². The van der Waals surface area contributed by atoms with E-state index >= 15 is 0 Å². The number of nitrogens with one attached hydrogen (secondary N) is 2. The number of rotatable bonds is 8. The van der Waals surface area contributed by atoms with Crippen LogP contribution in [0, 0.1) is 0 Å². The molecule has 0 atom stereocenters. The molecule has 0 saturated carbocycles. The molecule has 0 aliphatic heterocycles. The summed E-state index contributed by atoms with van der Waals surface area (Å²) in [5.74, 6) is 0.522. The molecule has 160 valence electrons. The molecule has 2 N–H and O–H groups in total. The number of pyridine rings is 1. The van der Waals surface area contributed by atoms with Crippen LogP contribution in [0.25, 0.3) is 6.08 Å². The minimum atomic E-state index is -3.79. The van der Waals surface area contributed by atoms with Crippen LogP contribution < -0.4 is 19.5 Å². The lowest BCUT2D eigenvalue weighted by Crippen LogP contribution is -2.13. The number of nitrogens with zero attached hydrogens (tertiary/aromatic N) is 1. The van der Waals surface area contributed by atoms with Crippen LogP contribution in [0.15, 0.2) is 77.8 Å². The Morgan fingerprint density at radius 3 is 2.35 bits per heavy atom. The average Bonchev–Trinajstić information content (AvgIpc) is 2.78. The van der Waals surface area contributed by atoms with Crippen LogP contribution in [-0.2, 0) is 14.8 Å². The molecular weight excluding hydrogens is 418 g/mol. The van der Waals surface area contributed by atoms with Crippen molar-refractivity contribution in [1.82, 2.24) is 4.98 Å². The van der Waals surface area contributed by atoms with E-state index in [2.05, 4.69) is 15.0 Å². The van der Waals surface area contributed by atoms with Gasteiger partial charge in [0.2, 0.25) is 11.8 Å². The van der Waals surface area contributed by atoms with Gasteiger partial charge in [-0.25, -0.2) is 13.4 Å². The molecule has 0 spiro atoms. The topological polar surface area (TPSA) is 107 Å². The van der Waals surface area contributed by atoms with E-state index in [4.69, 9.17) is 9.47 Å². The number of para-hydroxylation sites is 2. The van der Waals surface area contributed by atoms with Crippen molar-refractivity contribution < 1.29 is 22.7 Å². The van der Waals surface area contributed by atoms with Crippen molar-refractivity contribution in [2.75, 3.05) is 24.3 Å². The number of methoxy groups -OCH3 is 2. The molecule has 2 aromatic carbocycles. The first kappa shape index (κ1) is 21.8. The first-order chi connectivity index (χ1) is 14.9. The summed E-state index contributed by atoms with van der Waals surface area (Å²) in [6.07, 6.45) is 4.41. The van der Waals surface area contributed by atoms with Crippen molar-refractivity contribution in [3.05, 3.63) is 78.5 Å². The van der Waals surface area contributed by atoms with Crippen LogP contribution in [0.2, 0.25) is 0 Å². The Balaban J connectivity index is 1.65. The van der Waals surface area contributed by atoms with Crippen molar-refractivity contribution in [2.45, 2.75) is 4.90 Å². The number of benzene rings is 2. The summed E-state index contributed by atoms with van der Waals surface area (Å²) >= 11 is 0. The van der Waals surface area contributed by atoms with Crippen LogP contribution in [0.1, 0.15) is 5.56 Å². The first-order valence-corrected chi connectivity index (χ1v) is 10.6. The van der Waals surface area contributed by atoms with Gasteiger partial charge in [0, 0.05) is 12.1 Å². The van der Waals surface area contributed by atoms with E-state index < -0.39 is 10.0 Å². The van der Waals surface area contributed by atoms with Gasteiger partial charge in [0.15, 0.2) is 0 Å². The number of hydrogen-bond donors (Lipinski definition) is 2. The van der Waals surface area contributed by atoms with Gasteiger partial charge in [-0.3, -0.25) is 9.52 Å². The van der Waals surface area contributed by atoms with Gasteiger partial charge in [0.1, 0.15) is 5.75 Å². The summed E-state index contributed by atoms with van der Waals surface area (Å²) in [5.41, 5.74) is 1.54. The van der Waals surface area contributed by atoms with Crippen molar-refractivity contribution in [2.24, 2.45) is 0 Å². The molecule has 1 heterocycles. The zero-order valence-corrected chi connectivity index (χ0v) is 17.7. The summed E-state index contributed by atoms with van der Waals surface area (Å²) in [5, 5.41) is 2.68. The van der Waals surface area contributed by atoms with Crippen molar-refractivity contribution in [3.8, 4) is 11.6 Å². The minimum Gasteiger partial charge on any atom is -0.495 e. The minimum absolute atomic E-state index is 0.0873. The maximum absolute atomic E-state index is 12.6. The molecule has 0 fully saturated rings. The van der Waals surface area contributed by atoms with Gasteiger partial charge in [0.25, 0.3) is 10.0 Å². The van der Waals surface area contributed by atoms with Crippen molar-refractivity contribution >= 4 is 33.4 Å². The van der Waals surface area contributed by atoms with Gasteiger partial charge in [0.05, 0.1) is 36.7 Å². The molecule has 9 heteroatoms. The molecule has 3 rings (SSSR count). The van der Waals surface area contributed by atoms with Crippen LogP contribution >= 0.6 is 0 Å². The quantitative estimate of drug-likeness (QED) is 0.520. The van der Waals surface area contributed by atoms with Gasteiger partial charge in [-0.15, -0.1) is 0 Å². The molecule has 0 aliphatic carbocycles. The highest BCUT2D eigenvalue weighted by Gasteiger charge is 2.16. The number of carbonyl (C=O) groups is 1. The number of carbonyl (C=O) groups excluding carboxylic acids is 1. The fraction of sp³-hybridized carbons (Fsp3) is 0.0909. The van der Waals surface area contributed by atoms with Gasteiger partial charge < -0.3 is 14.8 Å². The maximum atomic E-state index is 12.6. The van der Waals surface area contributed by atoms with Gasteiger partial charge in [-0.2, -0.15) is 0 Å². The van der Waals surface area contributed by atoms with E-state index in [1.165, 1.54) is 38.6 Å². The molecule has 0 aliphatic rings. The first-order valence-electron chi connectivity index (χ1n) is 9.16. The molecule has 0 radical (unpaired) electrons. The molecule has 1 amide bonds. The molecule has 0 saturated heterocycles. The van der Waals surface area contributed by atoms with E-state index in [-0.39, 0.29) is 10.8 Å². The van der Waals surface area contributed by atoms with E-state index in [0.717, 1.165) is 0 Å². The number of sulfonamides is 1. The number of ether oxygens (including phenoxy) is 2. The summed E-state index contributed by atoms with van der Waals surface area (Å²) in [6, 6.07) is 16.2. The molecule has 1 aromatic heterocycles. The standard InChI is InChI=1S/C22H21N3O5S/c1-29-20-6-4-3-5-19(20)25-31(27,28)18-11-7-16(8-12-18)9-13-21(26)24-17-10-14-22(30-2)23-15-17/h3-15,25H,1-2H3,(H,24,26). The van der Waals surface area contributed by atoms with Gasteiger partial charge in [-0.05, 0) is 42.0 Å². The van der Waals surface area contributed by atoms with E-state index in [9.17, 15) is 13.2 Å². The highest BCUT2D eigenvalue weighted by Crippen LogP contribution is 2.26. The zero-order chi connectivity index (χ0) is 22.3. The van der Waals surface area contributed by atoms with Crippen LogP contribution in [-0.4, -0.2) is 33.5 Å². The van der Waals surface area contributed by atoms with Gasteiger partial charge >= 0.3 is 0 Å². The second kappa shape index (κ2) is 9.77. The normalized spacial score (nSPS) is 11.2. The summed E-state index contributed by atoms with van der Waals surface area (Å²) < 4.78 is 37.9. The summed E-state index contributed by atoms with van der Waals surface area (Å²) in [6.45, 7) is 0. The van der Waals surface area contributed by atoms with Gasteiger partial charge in [-0.1, -0.05) is 24.3 Å². The predicted octanol–water partition coefficient (Wildman–Crippen LogP) is 3.55.